The second-order valence-electron chi connectivity index (χ2n) is 7.49. The van der Waals surface area contributed by atoms with Crippen molar-refractivity contribution >= 4 is 59.6 Å². The fourth-order valence-corrected chi connectivity index (χ4v) is 3.87. The number of aliphatic imine (C=N–C) groups is 1. The summed E-state index contributed by atoms with van der Waals surface area (Å²) < 4.78 is 11.6. The number of carbonyl (C=O) groups excluding carboxylic acids is 2. The average Bonchev–Trinajstić information content (AvgIpc) is 2.68. The molecule has 0 radical (unpaired) electrons. The fraction of sp³-hybridized carbons (Fsp3) is 0.550. The van der Waals surface area contributed by atoms with Gasteiger partial charge in [0.25, 0.3) is 11.8 Å². The van der Waals surface area contributed by atoms with Crippen LogP contribution in [0.25, 0.3) is 0 Å². The number of rotatable bonds is 8. The van der Waals surface area contributed by atoms with Crippen LogP contribution in [-0.4, -0.2) is 68.9 Å². The molecule has 0 aromatic heterocycles. The van der Waals surface area contributed by atoms with Crippen molar-refractivity contribution in [2.45, 2.75) is 26.2 Å². The number of carbonyl (C=O) groups is 2. The van der Waals surface area contributed by atoms with Gasteiger partial charge in [-0.1, -0.05) is 37.0 Å². The molecule has 11 heteroatoms. The molecule has 1 atom stereocenters. The van der Waals surface area contributed by atoms with Crippen molar-refractivity contribution in [3.05, 3.63) is 33.8 Å². The molecule has 2 N–H and O–H groups in total. The van der Waals surface area contributed by atoms with Gasteiger partial charge in [0.1, 0.15) is 5.71 Å². The first-order valence-corrected chi connectivity index (χ1v) is 12.3. The van der Waals surface area contributed by atoms with Crippen molar-refractivity contribution in [3.8, 4) is 0 Å². The highest BCUT2D eigenvalue weighted by Gasteiger charge is 2.34. The molecule has 2 rings (SSSR count). The lowest BCUT2D eigenvalue weighted by Crippen LogP contribution is -2.53. The van der Waals surface area contributed by atoms with Crippen LogP contribution in [0.1, 0.15) is 30.6 Å². The Hall–Kier alpha value is -1.10. The van der Waals surface area contributed by atoms with Gasteiger partial charge in [0, 0.05) is 37.1 Å². The molecule has 1 heterocycles. The lowest BCUT2D eigenvalue weighted by molar-refractivity contribution is -0.115. The first-order valence-electron chi connectivity index (χ1n) is 10.1. The summed E-state index contributed by atoms with van der Waals surface area (Å²) in [7, 11) is -0.568. The number of hydrogen-bond donors (Lipinski definition) is 2. The maximum Gasteiger partial charge on any atom is 0.480 e. The summed E-state index contributed by atoms with van der Waals surface area (Å²) in [6.45, 7) is 6.52. The molecule has 0 bridgehead atoms. The highest BCUT2D eigenvalue weighted by molar-refractivity contribution is 7.99. The molecule has 0 saturated carbocycles. The molecule has 1 aliphatic rings. The first kappa shape index (κ1) is 26.2. The van der Waals surface area contributed by atoms with E-state index in [1.807, 2.05) is 6.26 Å². The predicted octanol–water partition coefficient (Wildman–Crippen LogP) is 3.13. The van der Waals surface area contributed by atoms with Crippen LogP contribution in [0.15, 0.2) is 23.2 Å². The highest BCUT2D eigenvalue weighted by atomic mass is 35.5. The maximum atomic E-state index is 13.1. The van der Waals surface area contributed by atoms with Gasteiger partial charge in [0.2, 0.25) is 0 Å². The molecule has 0 aliphatic carbocycles. The van der Waals surface area contributed by atoms with E-state index in [-0.39, 0.29) is 28.0 Å². The molecular formula is C20H28BCl2N3O4S. The number of amides is 2. The van der Waals surface area contributed by atoms with Crippen LogP contribution in [0, 0.1) is 5.92 Å². The molecule has 170 valence electrons. The van der Waals surface area contributed by atoms with E-state index in [9.17, 15) is 9.59 Å². The van der Waals surface area contributed by atoms with Gasteiger partial charge in [-0.15, -0.1) is 0 Å². The van der Waals surface area contributed by atoms with Crippen molar-refractivity contribution in [2.24, 2.45) is 10.9 Å². The number of hydrogen-bond acceptors (Lipinski definition) is 6. The van der Waals surface area contributed by atoms with Gasteiger partial charge in [0.15, 0.2) is 0 Å². The zero-order valence-electron chi connectivity index (χ0n) is 18.0. The third-order valence-corrected chi connectivity index (χ3v) is 5.56. The Kier molecular flexibility index (Phi) is 11.4. The van der Waals surface area contributed by atoms with E-state index < -0.39 is 18.9 Å². The first-order chi connectivity index (χ1) is 14.8. The molecule has 1 aromatic carbocycles. The van der Waals surface area contributed by atoms with E-state index in [1.54, 1.807) is 6.07 Å². The molecular weight excluding hydrogens is 460 g/mol. The second-order valence-corrected chi connectivity index (χ2v) is 9.20. The molecule has 0 unspecified atom stereocenters. The minimum absolute atomic E-state index is 0.106. The Morgan fingerprint density at radius 1 is 1.26 bits per heavy atom. The summed E-state index contributed by atoms with van der Waals surface area (Å²) in [5.74, 6) is -0.854. The SMILES string of the molecule is CSCC(=NC(=O)c1cc(Cl)ccc1Cl)C(=O)N[C@@H](CC(C)C)B1OCCNCCO1. The minimum atomic E-state index is -0.614. The number of benzene rings is 1. The number of nitrogens with zero attached hydrogens (tertiary/aromatic N) is 1. The normalized spacial score (nSPS) is 16.6. The van der Waals surface area contributed by atoms with Crippen LogP contribution < -0.4 is 10.6 Å². The molecule has 1 aromatic rings. The number of thioether (sulfide) groups is 1. The summed E-state index contributed by atoms with van der Waals surface area (Å²) >= 11 is 13.5. The fourth-order valence-electron chi connectivity index (χ4n) is 3.03. The lowest BCUT2D eigenvalue weighted by Gasteiger charge is -2.27. The zero-order valence-corrected chi connectivity index (χ0v) is 20.3. The van der Waals surface area contributed by atoms with Gasteiger partial charge in [-0.25, -0.2) is 4.99 Å². The average molecular weight is 488 g/mol. The van der Waals surface area contributed by atoms with Crippen LogP contribution in [0.5, 0.6) is 0 Å². The largest absolute Gasteiger partial charge is 0.480 e. The van der Waals surface area contributed by atoms with Crippen LogP contribution in [0.2, 0.25) is 10.0 Å². The van der Waals surface area contributed by atoms with Crippen molar-refractivity contribution < 1.29 is 18.9 Å². The summed E-state index contributed by atoms with van der Waals surface area (Å²) in [6.07, 6.45) is 2.49. The van der Waals surface area contributed by atoms with Crippen LogP contribution in [0.4, 0.5) is 0 Å². The molecule has 1 saturated heterocycles. The van der Waals surface area contributed by atoms with Gasteiger partial charge < -0.3 is 19.9 Å². The summed E-state index contributed by atoms with van der Waals surface area (Å²) in [6, 6.07) is 4.55. The Morgan fingerprint density at radius 3 is 2.55 bits per heavy atom. The molecule has 0 spiro atoms. The van der Waals surface area contributed by atoms with Crippen LogP contribution >= 0.6 is 35.0 Å². The van der Waals surface area contributed by atoms with E-state index in [1.165, 1.54) is 23.9 Å². The smallest absolute Gasteiger partial charge is 0.408 e. The van der Waals surface area contributed by atoms with Gasteiger partial charge >= 0.3 is 7.12 Å². The third kappa shape index (κ3) is 8.75. The van der Waals surface area contributed by atoms with Crippen molar-refractivity contribution in [3.63, 3.8) is 0 Å². The Labute approximate surface area is 198 Å². The molecule has 1 aliphatic heterocycles. The Morgan fingerprint density at radius 2 is 1.94 bits per heavy atom. The monoisotopic (exact) mass is 487 g/mol. The summed E-state index contributed by atoms with van der Waals surface area (Å²) in [5, 5.41) is 6.75. The quantitative estimate of drug-likeness (QED) is 0.432. The van der Waals surface area contributed by atoms with Crippen LogP contribution in [0.3, 0.4) is 0 Å². The molecule has 1 fully saturated rings. The molecule has 2 amide bonds. The van der Waals surface area contributed by atoms with Crippen molar-refractivity contribution in [1.29, 1.82) is 0 Å². The topological polar surface area (TPSA) is 89.0 Å². The zero-order chi connectivity index (χ0) is 22.8. The van der Waals surface area contributed by atoms with E-state index in [0.717, 1.165) is 13.1 Å². The van der Waals surface area contributed by atoms with E-state index in [4.69, 9.17) is 32.5 Å². The van der Waals surface area contributed by atoms with Gasteiger partial charge in [-0.05, 0) is 36.8 Å². The lowest BCUT2D eigenvalue weighted by atomic mass is 9.73. The van der Waals surface area contributed by atoms with E-state index in [2.05, 4.69) is 29.5 Å². The van der Waals surface area contributed by atoms with Crippen LogP contribution in [-0.2, 0) is 14.1 Å². The third-order valence-electron chi connectivity index (χ3n) is 4.43. The highest BCUT2D eigenvalue weighted by Crippen LogP contribution is 2.21. The number of nitrogens with one attached hydrogen (secondary N) is 2. The van der Waals surface area contributed by atoms with E-state index >= 15 is 0 Å². The van der Waals surface area contributed by atoms with Crippen molar-refractivity contribution in [2.75, 3.05) is 38.3 Å². The maximum absolute atomic E-state index is 13.1. The Balaban J connectivity index is 2.21. The summed E-state index contributed by atoms with van der Waals surface area (Å²) in [4.78, 5) is 29.8. The molecule has 7 nitrogen and oxygen atoms in total. The van der Waals surface area contributed by atoms with Gasteiger partial charge in [-0.3, -0.25) is 9.59 Å². The Bertz CT molecular complexity index is 790. The second kappa shape index (κ2) is 13.5. The van der Waals surface area contributed by atoms with E-state index in [0.29, 0.717) is 30.6 Å². The molecule has 31 heavy (non-hydrogen) atoms. The minimum Gasteiger partial charge on any atom is -0.408 e. The summed E-state index contributed by atoms with van der Waals surface area (Å²) in [5.41, 5.74) is 0.258. The number of halogens is 2. The van der Waals surface area contributed by atoms with Gasteiger partial charge in [-0.2, -0.15) is 11.8 Å². The van der Waals surface area contributed by atoms with Gasteiger partial charge in [0.05, 0.1) is 16.5 Å². The standard InChI is InChI=1S/C20H28BCl2N3O4S/c1-13(2)10-18(21-29-8-6-24-7-9-30-21)26-20(28)17(12-31-3)25-19(27)15-11-14(22)4-5-16(15)23/h4-5,11,13,18,24H,6-10,12H2,1-3H3,(H,26,28)/t18-/m0/s1. The van der Waals surface area contributed by atoms with Crippen molar-refractivity contribution in [1.82, 2.24) is 10.6 Å². The predicted molar refractivity (Wildman–Crippen MR) is 129 cm³/mol.